The first-order valence-corrected chi connectivity index (χ1v) is 15.5. The molecule has 3 aliphatic rings. The summed E-state index contributed by atoms with van der Waals surface area (Å²) < 4.78 is 21.1. The fourth-order valence-electron chi connectivity index (χ4n) is 6.47. The molecular formula is C32H39O3P. The van der Waals surface area contributed by atoms with Crippen LogP contribution in [-0.2, 0) is 21.4 Å². The van der Waals surface area contributed by atoms with Gasteiger partial charge in [0.2, 0.25) is 0 Å². The second kappa shape index (κ2) is 6.48. The number of rotatable bonds is 0. The molecule has 4 heteroatoms. The second-order valence-electron chi connectivity index (χ2n) is 14.1. The SMILES string of the molecule is CC(C)(C)c1ccc2c(c1)C13c4cc(C(C)(C)C)ccc4OP1(C)(O2)Oc1cccc(C(C)(C)C)c13. The zero-order valence-corrected chi connectivity index (χ0v) is 24.3. The fraction of sp³-hybridized carbons (Fsp3) is 0.438. The molecule has 0 fully saturated rings. The van der Waals surface area contributed by atoms with Crippen molar-refractivity contribution in [3.05, 3.63) is 88.0 Å². The Morgan fingerprint density at radius 1 is 0.583 bits per heavy atom. The van der Waals surface area contributed by atoms with E-state index >= 15 is 0 Å². The van der Waals surface area contributed by atoms with Crippen molar-refractivity contribution in [1.82, 2.24) is 0 Å². The van der Waals surface area contributed by atoms with E-state index < -0.39 is 12.4 Å². The van der Waals surface area contributed by atoms with E-state index in [0.29, 0.717) is 0 Å². The van der Waals surface area contributed by atoms with E-state index in [9.17, 15) is 0 Å². The van der Waals surface area contributed by atoms with Gasteiger partial charge in [0.05, 0.1) is 0 Å². The summed E-state index contributed by atoms with van der Waals surface area (Å²) in [7, 11) is -3.79. The molecule has 3 nitrogen and oxygen atoms in total. The average Bonchev–Trinajstić information content (AvgIpc) is 3.20. The molecule has 3 heterocycles. The molecule has 0 radical (unpaired) electrons. The third-order valence-corrected chi connectivity index (χ3v) is 12.4. The van der Waals surface area contributed by atoms with E-state index in [1.165, 1.54) is 33.4 Å². The molecule has 0 saturated heterocycles. The van der Waals surface area contributed by atoms with E-state index in [2.05, 4.69) is 124 Å². The van der Waals surface area contributed by atoms with Gasteiger partial charge in [0.25, 0.3) is 0 Å². The molecule has 36 heavy (non-hydrogen) atoms. The average molecular weight is 503 g/mol. The van der Waals surface area contributed by atoms with E-state index in [4.69, 9.17) is 13.6 Å². The molecule has 0 N–H and O–H groups in total. The Kier molecular flexibility index (Phi) is 4.30. The van der Waals surface area contributed by atoms with Gasteiger partial charge in [-0.15, -0.1) is 0 Å². The van der Waals surface area contributed by atoms with Gasteiger partial charge in [-0.05, 0) is 0 Å². The van der Waals surface area contributed by atoms with Crippen LogP contribution in [0.2, 0.25) is 0 Å². The Bertz CT molecular complexity index is 1380. The first-order chi connectivity index (χ1) is 16.5. The summed E-state index contributed by atoms with van der Waals surface area (Å²) in [5.41, 5.74) is 7.33. The minimum atomic E-state index is -3.79. The topological polar surface area (TPSA) is 27.7 Å². The maximum absolute atomic E-state index is 7.06. The van der Waals surface area contributed by atoms with Crippen molar-refractivity contribution in [2.24, 2.45) is 0 Å². The standard InChI is InChI=1S/C32H39O3P/c1-29(2,3)20-14-16-25-23(18-20)32-24-19-21(30(4,5)6)15-17-26(24)34-36(32,10,33-25)35-27-13-11-12-22(28(27)32)31(7,8)9/h11-19H,1-10H3. The third kappa shape index (κ3) is 2.73. The van der Waals surface area contributed by atoms with Crippen LogP contribution in [-0.4, -0.2) is 6.66 Å². The third-order valence-electron chi connectivity index (χ3n) is 8.34. The van der Waals surface area contributed by atoms with Gasteiger partial charge in [0, 0.05) is 0 Å². The molecule has 0 unspecified atom stereocenters. The van der Waals surface area contributed by atoms with Gasteiger partial charge in [-0.25, -0.2) is 0 Å². The van der Waals surface area contributed by atoms with Crippen molar-refractivity contribution in [1.29, 1.82) is 0 Å². The van der Waals surface area contributed by atoms with Crippen LogP contribution in [0.1, 0.15) is 95.7 Å². The van der Waals surface area contributed by atoms with Gasteiger partial charge >= 0.3 is 216 Å². The summed E-state index contributed by atoms with van der Waals surface area (Å²) >= 11 is 0. The van der Waals surface area contributed by atoms with Crippen LogP contribution in [0.4, 0.5) is 0 Å². The number of hydrogen-bond acceptors (Lipinski definition) is 3. The molecule has 3 aromatic rings. The van der Waals surface area contributed by atoms with Gasteiger partial charge in [-0.1, -0.05) is 0 Å². The summed E-state index contributed by atoms with van der Waals surface area (Å²) in [6, 6.07) is 19.9. The van der Waals surface area contributed by atoms with Crippen molar-refractivity contribution in [2.75, 3.05) is 6.66 Å². The van der Waals surface area contributed by atoms with Crippen LogP contribution in [0.3, 0.4) is 0 Å². The Labute approximate surface area is 216 Å². The zero-order chi connectivity index (χ0) is 26.1. The van der Waals surface area contributed by atoms with Crippen molar-refractivity contribution in [2.45, 2.75) is 83.7 Å². The minimum absolute atomic E-state index is 0.000166. The van der Waals surface area contributed by atoms with Crippen LogP contribution in [0.25, 0.3) is 0 Å². The molecule has 6 rings (SSSR count). The molecule has 3 aliphatic heterocycles. The summed E-state index contributed by atoms with van der Waals surface area (Å²) in [6.45, 7) is 22.6. The fourth-order valence-corrected chi connectivity index (χ4v) is 11.0. The van der Waals surface area contributed by atoms with Gasteiger partial charge < -0.3 is 0 Å². The van der Waals surface area contributed by atoms with Crippen LogP contribution >= 0.6 is 7.28 Å². The Morgan fingerprint density at radius 3 is 1.50 bits per heavy atom. The van der Waals surface area contributed by atoms with Crippen LogP contribution < -0.4 is 13.6 Å². The van der Waals surface area contributed by atoms with Gasteiger partial charge in [0.15, 0.2) is 0 Å². The summed E-state index contributed by atoms with van der Waals surface area (Å²) in [4.78, 5) is 0. The molecule has 0 bridgehead atoms. The van der Waals surface area contributed by atoms with Crippen molar-refractivity contribution >= 4 is 7.28 Å². The normalized spacial score (nSPS) is 23.6. The molecule has 0 saturated carbocycles. The molecule has 0 aromatic heterocycles. The molecule has 3 aromatic carbocycles. The molecule has 190 valence electrons. The number of benzene rings is 3. The Balaban J connectivity index is 1.82. The first-order valence-electron chi connectivity index (χ1n) is 13.1. The van der Waals surface area contributed by atoms with Crippen LogP contribution in [0.15, 0.2) is 54.6 Å². The quantitative estimate of drug-likeness (QED) is 0.287. The van der Waals surface area contributed by atoms with Crippen molar-refractivity contribution < 1.29 is 13.6 Å². The van der Waals surface area contributed by atoms with E-state index in [0.717, 1.165) is 17.2 Å². The Hall–Kier alpha value is -2.51. The van der Waals surface area contributed by atoms with Gasteiger partial charge in [-0.3, -0.25) is 0 Å². The molecule has 0 aliphatic carbocycles. The molecule has 0 spiro atoms. The predicted molar refractivity (Wildman–Crippen MR) is 150 cm³/mol. The first kappa shape index (κ1) is 23.9. The second-order valence-corrected chi connectivity index (χ2v) is 17.9. The molecular weight excluding hydrogens is 463 g/mol. The van der Waals surface area contributed by atoms with Crippen LogP contribution in [0, 0.1) is 0 Å². The van der Waals surface area contributed by atoms with Gasteiger partial charge in [-0.2, -0.15) is 0 Å². The maximum atomic E-state index is 7.06. The predicted octanol–water partition coefficient (Wildman–Crippen LogP) is 8.98. The van der Waals surface area contributed by atoms with E-state index in [1.807, 2.05) is 0 Å². The van der Waals surface area contributed by atoms with Crippen molar-refractivity contribution in [3.8, 4) is 17.2 Å². The number of fused-ring (bicyclic) bond motifs is 3. The summed E-state index contributed by atoms with van der Waals surface area (Å²) in [5.74, 6) is 2.65. The van der Waals surface area contributed by atoms with Gasteiger partial charge in [0.1, 0.15) is 0 Å². The van der Waals surface area contributed by atoms with E-state index in [-0.39, 0.29) is 16.2 Å². The van der Waals surface area contributed by atoms with E-state index in [1.54, 1.807) is 0 Å². The van der Waals surface area contributed by atoms with Crippen molar-refractivity contribution in [3.63, 3.8) is 0 Å². The summed E-state index contributed by atoms with van der Waals surface area (Å²) in [5, 5.41) is -0.641. The molecule has 0 atom stereocenters. The molecule has 0 amide bonds. The zero-order valence-electron chi connectivity index (χ0n) is 23.4. The van der Waals surface area contributed by atoms with Crippen LogP contribution in [0.5, 0.6) is 17.2 Å². The Morgan fingerprint density at radius 2 is 1.06 bits per heavy atom. The number of hydrogen-bond donors (Lipinski definition) is 0. The summed E-state index contributed by atoms with van der Waals surface area (Å²) in [6.07, 6.45) is 0. The monoisotopic (exact) mass is 502 g/mol.